The minimum absolute atomic E-state index is 0.260. The lowest BCUT2D eigenvalue weighted by molar-refractivity contribution is -0.142. The number of hydrogen-bond acceptors (Lipinski definition) is 8. The van der Waals surface area contributed by atoms with Crippen LogP contribution in [0.15, 0.2) is 28.1 Å². The number of amidine groups is 1. The number of aliphatic imine (C=N–C) groups is 1. The van der Waals surface area contributed by atoms with Crippen molar-refractivity contribution in [2.75, 3.05) is 47.1 Å². The number of nitrogens with zero attached hydrogens (tertiary/aromatic N) is 2. The summed E-state index contributed by atoms with van der Waals surface area (Å²) in [5.74, 6) is 0.0103. The molecular weight excluding hydrogens is 372 g/mol. The van der Waals surface area contributed by atoms with Crippen molar-refractivity contribution in [1.29, 1.82) is 0 Å². The zero-order valence-electron chi connectivity index (χ0n) is 15.1. The van der Waals surface area contributed by atoms with Crippen LogP contribution in [-0.4, -0.2) is 69.1 Å². The second-order valence-electron chi connectivity index (χ2n) is 5.65. The van der Waals surface area contributed by atoms with Gasteiger partial charge in [-0.25, -0.2) is 4.79 Å². The van der Waals surface area contributed by atoms with Crippen LogP contribution in [0.25, 0.3) is 6.08 Å². The number of thioether (sulfide) groups is 1. The van der Waals surface area contributed by atoms with Crippen LogP contribution in [0, 0.1) is 0 Å². The molecule has 0 unspecified atom stereocenters. The second kappa shape index (κ2) is 8.92. The minimum atomic E-state index is -0.510. The van der Waals surface area contributed by atoms with Crippen molar-refractivity contribution < 1.29 is 28.5 Å². The van der Waals surface area contributed by atoms with E-state index in [9.17, 15) is 9.59 Å². The fraction of sp³-hybridized carbons (Fsp3) is 0.389. The number of para-hydroxylation sites is 1. The lowest BCUT2D eigenvalue weighted by Crippen LogP contribution is -2.38. The van der Waals surface area contributed by atoms with E-state index in [-0.39, 0.29) is 12.5 Å². The first-order valence-corrected chi connectivity index (χ1v) is 9.16. The van der Waals surface area contributed by atoms with Crippen LogP contribution in [0.1, 0.15) is 5.56 Å². The molecule has 1 fully saturated rings. The largest absolute Gasteiger partial charge is 0.493 e. The molecule has 0 N–H and O–H groups in total. The standard InChI is InChI=1S/C18H20N2O6S/c1-23-13-5-3-4-12(16(13)26-11-15(21)24-2)10-14-17(22)19-18(27-14)20-6-8-25-9-7-20/h3-5,10H,6-9,11H2,1-2H3/b14-10-. The Labute approximate surface area is 161 Å². The van der Waals surface area contributed by atoms with E-state index in [1.165, 1.54) is 26.0 Å². The number of carbonyl (C=O) groups excluding carboxylic acids is 2. The van der Waals surface area contributed by atoms with E-state index in [0.29, 0.717) is 53.4 Å². The normalized spacial score (nSPS) is 18.4. The molecule has 27 heavy (non-hydrogen) atoms. The zero-order chi connectivity index (χ0) is 19.2. The molecule has 0 spiro atoms. The summed E-state index contributed by atoms with van der Waals surface area (Å²) < 4.78 is 20.8. The fourth-order valence-corrected chi connectivity index (χ4v) is 3.54. The molecule has 3 rings (SSSR count). The number of benzene rings is 1. The summed E-state index contributed by atoms with van der Waals surface area (Å²) in [4.78, 5) is 30.4. The summed E-state index contributed by atoms with van der Waals surface area (Å²) in [6.45, 7) is 2.39. The number of carbonyl (C=O) groups is 2. The van der Waals surface area contributed by atoms with Gasteiger partial charge in [0.05, 0.1) is 32.3 Å². The van der Waals surface area contributed by atoms with Gasteiger partial charge >= 0.3 is 5.97 Å². The summed E-state index contributed by atoms with van der Waals surface area (Å²) >= 11 is 1.32. The molecule has 0 bridgehead atoms. The van der Waals surface area contributed by atoms with Crippen molar-refractivity contribution in [3.05, 3.63) is 28.7 Å². The van der Waals surface area contributed by atoms with Crippen molar-refractivity contribution in [3.63, 3.8) is 0 Å². The SMILES string of the molecule is COC(=O)COc1c(/C=C2\SC(N3CCOCC3)=NC2=O)cccc1OC. The number of esters is 1. The molecule has 0 atom stereocenters. The van der Waals surface area contributed by atoms with E-state index >= 15 is 0 Å². The summed E-state index contributed by atoms with van der Waals surface area (Å²) in [7, 11) is 2.79. The Morgan fingerprint density at radius 3 is 2.81 bits per heavy atom. The second-order valence-corrected chi connectivity index (χ2v) is 6.66. The van der Waals surface area contributed by atoms with Gasteiger partial charge in [0, 0.05) is 18.7 Å². The summed E-state index contributed by atoms with van der Waals surface area (Å²) in [6.07, 6.45) is 1.69. The average Bonchev–Trinajstić information content (AvgIpc) is 3.07. The smallest absolute Gasteiger partial charge is 0.343 e. The molecule has 2 aliphatic heterocycles. The third-order valence-corrected chi connectivity index (χ3v) is 5.01. The molecule has 144 valence electrons. The maximum absolute atomic E-state index is 12.3. The summed E-state index contributed by atoms with van der Waals surface area (Å²) in [5, 5.41) is 0.675. The molecule has 2 aliphatic rings. The number of rotatable bonds is 5. The first-order chi connectivity index (χ1) is 13.1. The van der Waals surface area contributed by atoms with Gasteiger partial charge in [-0.15, -0.1) is 0 Å². The van der Waals surface area contributed by atoms with Gasteiger partial charge < -0.3 is 23.8 Å². The molecule has 1 aromatic rings. The highest BCUT2D eigenvalue weighted by Gasteiger charge is 2.27. The molecule has 0 aromatic heterocycles. The number of ether oxygens (including phenoxy) is 4. The summed E-state index contributed by atoms with van der Waals surface area (Å²) in [5.41, 5.74) is 0.618. The average molecular weight is 392 g/mol. The van der Waals surface area contributed by atoms with E-state index in [0.717, 1.165) is 0 Å². The van der Waals surface area contributed by atoms with Gasteiger partial charge in [0.1, 0.15) is 0 Å². The Hall–Kier alpha value is -2.52. The van der Waals surface area contributed by atoms with E-state index in [4.69, 9.17) is 14.2 Å². The van der Waals surface area contributed by atoms with Crippen LogP contribution >= 0.6 is 11.8 Å². The van der Waals surface area contributed by atoms with Crippen LogP contribution < -0.4 is 9.47 Å². The molecule has 0 aliphatic carbocycles. The first kappa shape index (κ1) is 19.2. The molecule has 2 heterocycles. The lowest BCUT2D eigenvalue weighted by Gasteiger charge is -2.27. The van der Waals surface area contributed by atoms with E-state index in [1.807, 2.05) is 4.90 Å². The Morgan fingerprint density at radius 1 is 1.33 bits per heavy atom. The van der Waals surface area contributed by atoms with E-state index < -0.39 is 5.97 Å². The zero-order valence-corrected chi connectivity index (χ0v) is 15.9. The highest BCUT2D eigenvalue weighted by Crippen LogP contribution is 2.36. The Balaban J connectivity index is 1.82. The van der Waals surface area contributed by atoms with Crippen LogP contribution in [-0.2, 0) is 19.1 Å². The molecule has 0 radical (unpaired) electrons. The van der Waals surface area contributed by atoms with Crippen LogP contribution in [0.4, 0.5) is 0 Å². The Morgan fingerprint density at radius 2 is 2.11 bits per heavy atom. The predicted molar refractivity (Wildman–Crippen MR) is 101 cm³/mol. The van der Waals surface area contributed by atoms with Crippen molar-refractivity contribution in [3.8, 4) is 11.5 Å². The Bertz CT molecular complexity index is 786. The van der Waals surface area contributed by atoms with E-state index in [1.54, 1.807) is 24.3 Å². The molecule has 0 saturated carbocycles. The molecular formula is C18H20N2O6S. The topological polar surface area (TPSA) is 86.7 Å². The van der Waals surface area contributed by atoms with Crippen LogP contribution in [0.5, 0.6) is 11.5 Å². The predicted octanol–water partition coefficient (Wildman–Crippen LogP) is 1.55. The van der Waals surface area contributed by atoms with Crippen molar-refractivity contribution >= 4 is 34.9 Å². The summed E-state index contributed by atoms with van der Waals surface area (Å²) in [6, 6.07) is 5.28. The molecule has 1 amide bonds. The van der Waals surface area contributed by atoms with Gasteiger partial charge in [-0.3, -0.25) is 4.79 Å². The van der Waals surface area contributed by atoms with Crippen LogP contribution in [0.2, 0.25) is 0 Å². The highest BCUT2D eigenvalue weighted by molar-refractivity contribution is 8.18. The maximum Gasteiger partial charge on any atom is 0.343 e. The van der Waals surface area contributed by atoms with Crippen molar-refractivity contribution in [1.82, 2.24) is 4.90 Å². The maximum atomic E-state index is 12.3. The number of methoxy groups -OCH3 is 2. The van der Waals surface area contributed by atoms with Gasteiger partial charge in [-0.1, -0.05) is 12.1 Å². The quantitative estimate of drug-likeness (QED) is 0.551. The van der Waals surface area contributed by atoms with Gasteiger partial charge in [0.2, 0.25) is 0 Å². The minimum Gasteiger partial charge on any atom is -0.493 e. The van der Waals surface area contributed by atoms with Crippen molar-refractivity contribution in [2.45, 2.75) is 0 Å². The highest BCUT2D eigenvalue weighted by atomic mass is 32.2. The van der Waals surface area contributed by atoms with Gasteiger partial charge in [0.25, 0.3) is 5.91 Å². The lowest BCUT2D eigenvalue weighted by atomic mass is 10.1. The van der Waals surface area contributed by atoms with Gasteiger partial charge in [0.15, 0.2) is 23.3 Å². The van der Waals surface area contributed by atoms with Crippen molar-refractivity contribution in [2.24, 2.45) is 4.99 Å². The molecule has 1 saturated heterocycles. The first-order valence-electron chi connectivity index (χ1n) is 8.34. The third kappa shape index (κ3) is 4.61. The van der Waals surface area contributed by atoms with Gasteiger partial charge in [-0.05, 0) is 23.9 Å². The molecule has 8 nitrogen and oxygen atoms in total. The monoisotopic (exact) mass is 392 g/mol. The fourth-order valence-electron chi connectivity index (χ4n) is 2.58. The number of amides is 1. The molecule has 1 aromatic carbocycles. The number of morpholine rings is 1. The Kier molecular flexibility index (Phi) is 6.36. The van der Waals surface area contributed by atoms with Gasteiger partial charge in [-0.2, -0.15) is 4.99 Å². The third-order valence-electron chi connectivity index (χ3n) is 3.97. The van der Waals surface area contributed by atoms with Crippen LogP contribution in [0.3, 0.4) is 0 Å². The number of hydrogen-bond donors (Lipinski definition) is 0. The van der Waals surface area contributed by atoms with E-state index in [2.05, 4.69) is 9.73 Å². The molecule has 9 heteroatoms.